The third kappa shape index (κ3) is 1.99. The first kappa shape index (κ1) is 11.5. The van der Waals surface area contributed by atoms with Gasteiger partial charge < -0.3 is 4.98 Å². The Kier molecular flexibility index (Phi) is 2.59. The molecule has 0 fully saturated rings. The zero-order valence-electron chi connectivity index (χ0n) is 10.1. The second-order valence-electron chi connectivity index (χ2n) is 4.23. The van der Waals surface area contributed by atoms with Crippen molar-refractivity contribution in [1.82, 2.24) is 15.0 Å². The number of pyridine rings is 3. The van der Waals surface area contributed by atoms with E-state index in [2.05, 4.69) is 15.0 Å². The summed E-state index contributed by atoms with van der Waals surface area (Å²) >= 11 is 0. The SMILES string of the molecule is Cc1ccc(F)c(-c2cc(=O)c3cccnc3[nH]2)n1. The van der Waals surface area contributed by atoms with Crippen LogP contribution in [0, 0.1) is 12.7 Å². The van der Waals surface area contributed by atoms with Crippen LogP contribution in [0.25, 0.3) is 22.4 Å². The molecule has 0 aliphatic carbocycles. The van der Waals surface area contributed by atoms with Crippen molar-refractivity contribution in [2.45, 2.75) is 6.92 Å². The highest BCUT2D eigenvalue weighted by atomic mass is 19.1. The molecule has 0 radical (unpaired) electrons. The number of aryl methyl sites for hydroxylation is 1. The van der Waals surface area contributed by atoms with Crippen LogP contribution in [0.1, 0.15) is 5.69 Å². The maximum Gasteiger partial charge on any atom is 0.191 e. The highest BCUT2D eigenvalue weighted by molar-refractivity contribution is 5.77. The van der Waals surface area contributed by atoms with E-state index < -0.39 is 5.82 Å². The molecule has 0 atom stereocenters. The number of halogens is 1. The Balaban J connectivity index is 2.31. The zero-order valence-corrected chi connectivity index (χ0v) is 10.1. The molecular formula is C14H10FN3O. The lowest BCUT2D eigenvalue weighted by atomic mass is 10.2. The van der Waals surface area contributed by atoms with Crippen LogP contribution in [0.3, 0.4) is 0 Å². The van der Waals surface area contributed by atoms with Gasteiger partial charge in [0.05, 0.1) is 11.1 Å². The maximum atomic E-state index is 13.8. The number of aromatic nitrogens is 3. The van der Waals surface area contributed by atoms with Gasteiger partial charge in [-0.05, 0) is 31.2 Å². The van der Waals surface area contributed by atoms with Crippen LogP contribution in [0.2, 0.25) is 0 Å². The third-order valence-corrected chi connectivity index (χ3v) is 2.84. The third-order valence-electron chi connectivity index (χ3n) is 2.84. The van der Waals surface area contributed by atoms with Crippen molar-refractivity contribution in [2.24, 2.45) is 0 Å². The van der Waals surface area contributed by atoms with Gasteiger partial charge in [-0.2, -0.15) is 0 Å². The zero-order chi connectivity index (χ0) is 13.4. The molecule has 5 heteroatoms. The fraction of sp³-hybridized carbons (Fsp3) is 0.0714. The summed E-state index contributed by atoms with van der Waals surface area (Å²) in [4.78, 5) is 23.1. The van der Waals surface area contributed by atoms with Crippen molar-refractivity contribution in [3.8, 4) is 11.4 Å². The summed E-state index contributed by atoms with van der Waals surface area (Å²) in [5.41, 5.74) is 1.35. The summed E-state index contributed by atoms with van der Waals surface area (Å²) in [6, 6.07) is 7.61. The highest BCUT2D eigenvalue weighted by Crippen LogP contribution is 2.19. The van der Waals surface area contributed by atoms with Gasteiger partial charge in [0.1, 0.15) is 11.3 Å². The van der Waals surface area contributed by atoms with E-state index in [0.29, 0.717) is 22.4 Å². The van der Waals surface area contributed by atoms with Crippen molar-refractivity contribution in [3.05, 3.63) is 58.3 Å². The number of H-pyrrole nitrogens is 1. The van der Waals surface area contributed by atoms with Gasteiger partial charge in [0.2, 0.25) is 0 Å². The van der Waals surface area contributed by atoms with Gasteiger partial charge >= 0.3 is 0 Å². The van der Waals surface area contributed by atoms with E-state index in [-0.39, 0.29) is 11.1 Å². The van der Waals surface area contributed by atoms with E-state index in [9.17, 15) is 9.18 Å². The maximum absolute atomic E-state index is 13.8. The molecule has 19 heavy (non-hydrogen) atoms. The minimum Gasteiger partial charge on any atom is -0.338 e. The van der Waals surface area contributed by atoms with Crippen LogP contribution in [-0.4, -0.2) is 15.0 Å². The van der Waals surface area contributed by atoms with E-state index in [4.69, 9.17) is 0 Å². The first-order valence-corrected chi connectivity index (χ1v) is 5.77. The van der Waals surface area contributed by atoms with Gasteiger partial charge in [0.15, 0.2) is 11.2 Å². The van der Waals surface area contributed by atoms with Gasteiger partial charge in [0, 0.05) is 18.0 Å². The molecular weight excluding hydrogens is 245 g/mol. The molecule has 0 unspecified atom stereocenters. The molecule has 0 saturated heterocycles. The predicted molar refractivity (Wildman–Crippen MR) is 70.3 cm³/mol. The van der Waals surface area contributed by atoms with E-state index in [0.717, 1.165) is 0 Å². The molecule has 0 aliphatic heterocycles. The molecule has 0 spiro atoms. The second-order valence-corrected chi connectivity index (χ2v) is 4.23. The van der Waals surface area contributed by atoms with Crippen LogP contribution in [0.4, 0.5) is 4.39 Å². The molecule has 0 saturated carbocycles. The van der Waals surface area contributed by atoms with Crippen LogP contribution in [0.5, 0.6) is 0 Å². The Morgan fingerprint density at radius 1 is 1.26 bits per heavy atom. The number of fused-ring (bicyclic) bond motifs is 1. The van der Waals surface area contributed by atoms with Gasteiger partial charge in [0.25, 0.3) is 0 Å². The Hall–Kier alpha value is -2.56. The Morgan fingerprint density at radius 3 is 2.95 bits per heavy atom. The standard InChI is InChI=1S/C14H10FN3O/c1-8-4-5-10(15)13(17-8)11-7-12(19)9-3-2-6-16-14(9)18-11/h2-7H,1H3,(H,16,18,19). The summed E-state index contributed by atoms with van der Waals surface area (Å²) in [5.74, 6) is -0.475. The Labute approximate surface area is 108 Å². The minimum atomic E-state index is -0.475. The molecule has 3 aromatic heterocycles. The molecule has 3 aromatic rings. The summed E-state index contributed by atoms with van der Waals surface area (Å²) in [5, 5.41) is 0.472. The van der Waals surface area contributed by atoms with Crippen LogP contribution < -0.4 is 5.43 Å². The molecule has 4 nitrogen and oxygen atoms in total. The largest absolute Gasteiger partial charge is 0.338 e. The quantitative estimate of drug-likeness (QED) is 0.726. The van der Waals surface area contributed by atoms with Crippen LogP contribution in [-0.2, 0) is 0 Å². The first-order valence-electron chi connectivity index (χ1n) is 5.77. The second kappa shape index (κ2) is 4.28. The van der Waals surface area contributed by atoms with Crippen molar-refractivity contribution in [2.75, 3.05) is 0 Å². The molecule has 0 amide bonds. The summed E-state index contributed by atoms with van der Waals surface area (Å²) < 4.78 is 13.8. The first-order chi connectivity index (χ1) is 9.15. The number of nitrogens with zero attached hydrogens (tertiary/aromatic N) is 2. The lowest BCUT2D eigenvalue weighted by Crippen LogP contribution is -2.05. The van der Waals surface area contributed by atoms with E-state index >= 15 is 0 Å². The molecule has 0 aromatic carbocycles. The molecule has 0 bridgehead atoms. The van der Waals surface area contributed by atoms with Crippen molar-refractivity contribution < 1.29 is 4.39 Å². The van der Waals surface area contributed by atoms with Gasteiger partial charge in [-0.25, -0.2) is 14.4 Å². The monoisotopic (exact) mass is 255 g/mol. The number of hydrogen-bond donors (Lipinski definition) is 1. The highest BCUT2D eigenvalue weighted by Gasteiger charge is 2.10. The van der Waals surface area contributed by atoms with Crippen LogP contribution in [0.15, 0.2) is 41.3 Å². The normalized spacial score (nSPS) is 10.8. The average Bonchev–Trinajstić information content (AvgIpc) is 2.41. The average molecular weight is 255 g/mol. The Bertz CT molecular complexity index is 826. The smallest absolute Gasteiger partial charge is 0.191 e. The fourth-order valence-corrected chi connectivity index (χ4v) is 1.93. The van der Waals surface area contributed by atoms with Crippen molar-refractivity contribution in [3.63, 3.8) is 0 Å². The van der Waals surface area contributed by atoms with Crippen molar-refractivity contribution >= 4 is 11.0 Å². The van der Waals surface area contributed by atoms with Crippen molar-refractivity contribution in [1.29, 1.82) is 0 Å². The summed E-state index contributed by atoms with van der Waals surface area (Å²) in [7, 11) is 0. The lowest BCUT2D eigenvalue weighted by Gasteiger charge is -2.05. The lowest BCUT2D eigenvalue weighted by molar-refractivity contribution is 0.624. The van der Waals surface area contributed by atoms with Gasteiger partial charge in [-0.1, -0.05) is 0 Å². The van der Waals surface area contributed by atoms with E-state index in [1.807, 2.05) is 0 Å². The van der Waals surface area contributed by atoms with Crippen LogP contribution >= 0.6 is 0 Å². The van der Waals surface area contributed by atoms with E-state index in [1.54, 1.807) is 31.3 Å². The number of aromatic amines is 1. The summed E-state index contributed by atoms with van der Waals surface area (Å²) in [6.45, 7) is 1.76. The number of nitrogens with one attached hydrogen (secondary N) is 1. The molecule has 0 aliphatic rings. The molecule has 94 valence electrons. The topological polar surface area (TPSA) is 58.6 Å². The Morgan fingerprint density at radius 2 is 2.11 bits per heavy atom. The number of hydrogen-bond acceptors (Lipinski definition) is 3. The van der Waals surface area contributed by atoms with E-state index in [1.165, 1.54) is 12.1 Å². The fourth-order valence-electron chi connectivity index (χ4n) is 1.93. The summed E-state index contributed by atoms with van der Waals surface area (Å²) in [6.07, 6.45) is 1.57. The predicted octanol–water partition coefficient (Wildman–Crippen LogP) is 2.43. The molecule has 3 heterocycles. The minimum absolute atomic E-state index is 0.129. The molecule has 3 rings (SSSR count). The van der Waals surface area contributed by atoms with Gasteiger partial charge in [-0.3, -0.25) is 4.79 Å². The number of rotatable bonds is 1. The van der Waals surface area contributed by atoms with Gasteiger partial charge in [-0.15, -0.1) is 0 Å². The molecule has 1 N–H and O–H groups in total.